The summed E-state index contributed by atoms with van der Waals surface area (Å²) in [4.78, 5) is 18.3. The fourth-order valence-electron chi connectivity index (χ4n) is 3.59. The van der Waals surface area contributed by atoms with Gasteiger partial charge in [0.1, 0.15) is 17.5 Å². The van der Waals surface area contributed by atoms with Crippen LogP contribution < -0.4 is 14.2 Å². The van der Waals surface area contributed by atoms with Gasteiger partial charge in [-0.2, -0.15) is 0 Å². The summed E-state index contributed by atoms with van der Waals surface area (Å²) in [5, 5.41) is 0. The van der Waals surface area contributed by atoms with Crippen molar-refractivity contribution in [2.45, 2.75) is 38.4 Å². The third-order valence-corrected chi connectivity index (χ3v) is 4.86. The van der Waals surface area contributed by atoms with Crippen molar-refractivity contribution in [2.75, 3.05) is 19.7 Å². The molecule has 6 nitrogen and oxygen atoms in total. The summed E-state index contributed by atoms with van der Waals surface area (Å²) in [6.45, 7) is 5.35. The minimum Gasteiger partial charge on any atom is -0.488 e. The van der Waals surface area contributed by atoms with Crippen molar-refractivity contribution in [3.63, 3.8) is 0 Å². The second-order valence-electron chi connectivity index (χ2n) is 7.62. The fraction of sp³-hybridized carbons (Fsp3) is 0.429. The first-order valence-corrected chi connectivity index (χ1v) is 9.28. The smallest absolute Gasteiger partial charge is 0.260 e. The molecule has 6 heteroatoms. The first-order valence-electron chi connectivity index (χ1n) is 9.28. The van der Waals surface area contributed by atoms with E-state index in [2.05, 4.69) is 18.8 Å². The minimum absolute atomic E-state index is 0.00135. The van der Waals surface area contributed by atoms with Gasteiger partial charge in [-0.15, -0.1) is 0 Å². The summed E-state index contributed by atoms with van der Waals surface area (Å²) in [6.07, 6.45) is 5.05. The summed E-state index contributed by atoms with van der Waals surface area (Å²) in [5.74, 6) is 2.14. The largest absolute Gasteiger partial charge is 0.488 e. The normalized spacial score (nSPS) is 20.1. The molecular formula is C21H24N2O4. The number of carbonyl (C=O) groups is 1. The Kier molecular flexibility index (Phi) is 4.64. The van der Waals surface area contributed by atoms with Crippen LogP contribution in [0.1, 0.15) is 25.8 Å². The molecule has 27 heavy (non-hydrogen) atoms. The van der Waals surface area contributed by atoms with Crippen LogP contribution in [0.15, 0.2) is 42.7 Å². The lowest BCUT2D eigenvalue weighted by Gasteiger charge is -2.19. The van der Waals surface area contributed by atoms with Crippen LogP contribution in [0.2, 0.25) is 0 Å². The van der Waals surface area contributed by atoms with E-state index in [0.717, 1.165) is 29.9 Å². The molecular weight excluding hydrogens is 344 g/mol. The molecule has 1 aromatic heterocycles. The highest BCUT2D eigenvalue weighted by molar-refractivity contribution is 5.78. The molecule has 1 fully saturated rings. The van der Waals surface area contributed by atoms with E-state index >= 15 is 0 Å². The monoisotopic (exact) mass is 368 g/mol. The minimum atomic E-state index is -0.238. The zero-order valence-electron chi connectivity index (χ0n) is 15.7. The van der Waals surface area contributed by atoms with Gasteiger partial charge in [-0.25, -0.2) is 0 Å². The molecule has 1 saturated heterocycles. The molecule has 1 aromatic carbocycles. The van der Waals surface area contributed by atoms with Gasteiger partial charge in [0.25, 0.3) is 5.91 Å². The number of para-hydroxylation sites is 1. The van der Waals surface area contributed by atoms with Gasteiger partial charge in [0.2, 0.25) is 0 Å². The van der Waals surface area contributed by atoms with Crippen LogP contribution >= 0.6 is 0 Å². The second-order valence-corrected chi connectivity index (χ2v) is 7.62. The topological polar surface area (TPSA) is 60.9 Å². The van der Waals surface area contributed by atoms with E-state index in [1.165, 1.54) is 0 Å². The van der Waals surface area contributed by atoms with Crippen LogP contribution in [0, 0.1) is 0 Å². The van der Waals surface area contributed by atoms with Crippen LogP contribution in [-0.2, 0) is 11.2 Å². The lowest BCUT2D eigenvalue weighted by Crippen LogP contribution is -2.34. The Morgan fingerprint density at radius 3 is 2.93 bits per heavy atom. The number of fused-ring (bicyclic) bond motifs is 1. The number of aromatic nitrogens is 1. The summed E-state index contributed by atoms with van der Waals surface area (Å²) in [7, 11) is 0. The summed E-state index contributed by atoms with van der Waals surface area (Å²) >= 11 is 0. The number of pyridine rings is 1. The molecule has 2 aliphatic heterocycles. The second kappa shape index (κ2) is 7.10. The molecule has 3 heterocycles. The van der Waals surface area contributed by atoms with Crippen molar-refractivity contribution < 1.29 is 19.0 Å². The predicted molar refractivity (Wildman–Crippen MR) is 100 cm³/mol. The molecule has 0 N–H and O–H groups in total. The quantitative estimate of drug-likeness (QED) is 0.812. The van der Waals surface area contributed by atoms with E-state index in [-0.39, 0.29) is 24.2 Å². The summed E-state index contributed by atoms with van der Waals surface area (Å²) < 4.78 is 17.7. The maximum atomic E-state index is 12.5. The van der Waals surface area contributed by atoms with E-state index in [1.54, 1.807) is 17.3 Å². The van der Waals surface area contributed by atoms with Crippen LogP contribution in [0.4, 0.5) is 0 Å². The van der Waals surface area contributed by atoms with Gasteiger partial charge in [-0.1, -0.05) is 12.1 Å². The van der Waals surface area contributed by atoms with Crippen molar-refractivity contribution >= 4 is 5.91 Å². The lowest BCUT2D eigenvalue weighted by molar-refractivity contribution is -0.132. The van der Waals surface area contributed by atoms with Gasteiger partial charge in [-0.05, 0) is 32.0 Å². The van der Waals surface area contributed by atoms with Crippen molar-refractivity contribution in [1.29, 1.82) is 0 Å². The molecule has 4 rings (SSSR count). The van der Waals surface area contributed by atoms with Gasteiger partial charge >= 0.3 is 0 Å². The molecule has 1 atom stereocenters. The molecule has 2 aliphatic rings. The number of hydrogen-bond acceptors (Lipinski definition) is 5. The standard InChI is InChI=1S/C21H24N2O4/c1-21(2)12-15-4-3-5-18(20(15)27-21)25-14-19(24)23-11-8-17(13-23)26-16-6-9-22-10-7-16/h3-7,9-10,17H,8,11-14H2,1-2H3. The third-order valence-electron chi connectivity index (χ3n) is 4.86. The van der Waals surface area contributed by atoms with Crippen LogP contribution in [-0.4, -0.2) is 47.2 Å². The molecule has 0 saturated carbocycles. The molecule has 1 amide bonds. The number of likely N-dealkylation sites (tertiary alicyclic amines) is 1. The Morgan fingerprint density at radius 2 is 2.11 bits per heavy atom. The number of carbonyl (C=O) groups excluding carboxylic acids is 1. The first-order chi connectivity index (χ1) is 13.0. The highest BCUT2D eigenvalue weighted by atomic mass is 16.5. The van der Waals surface area contributed by atoms with Gasteiger partial charge in [0, 0.05) is 37.3 Å². The third kappa shape index (κ3) is 3.99. The predicted octanol–water partition coefficient (Wildman–Crippen LogP) is 2.85. The number of rotatable bonds is 5. The molecule has 142 valence electrons. The summed E-state index contributed by atoms with van der Waals surface area (Å²) in [5.41, 5.74) is 0.884. The van der Waals surface area contributed by atoms with Crippen molar-refractivity contribution in [2.24, 2.45) is 0 Å². The van der Waals surface area contributed by atoms with E-state index < -0.39 is 0 Å². The number of ether oxygens (including phenoxy) is 3. The van der Waals surface area contributed by atoms with Crippen molar-refractivity contribution in [3.8, 4) is 17.2 Å². The Morgan fingerprint density at radius 1 is 1.30 bits per heavy atom. The lowest BCUT2D eigenvalue weighted by atomic mass is 10.0. The maximum Gasteiger partial charge on any atom is 0.260 e. The fourth-order valence-corrected chi connectivity index (χ4v) is 3.59. The molecule has 0 radical (unpaired) electrons. The van der Waals surface area contributed by atoms with Crippen LogP contribution in [0.5, 0.6) is 17.2 Å². The van der Waals surface area contributed by atoms with Crippen molar-refractivity contribution in [3.05, 3.63) is 48.3 Å². The first kappa shape index (κ1) is 17.6. The number of amides is 1. The van der Waals surface area contributed by atoms with Crippen molar-refractivity contribution in [1.82, 2.24) is 9.88 Å². The van der Waals surface area contributed by atoms with E-state index in [9.17, 15) is 4.79 Å². The van der Waals surface area contributed by atoms with Gasteiger partial charge < -0.3 is 19.1 Å². The zero-order chi connectivity index (χ0) is 18.9. The molecule has 1 unspecified atom stereocenters. The maximum absolute atomic E-state index is 12.5. The zero-order valence-corrected chi connectivity index (χ0v) is 15.7. The van der Waals surface area contributed by atoms with Crippen LogP contribution in [0.25, 0.3) is 0 Å². The highest BCUT2D eigenvalue weighted by Crippen LogP contribution is 2.41. The van der Waals surface area contributed by atoms with Crippen LogP contribution in [0.3, 0.4) is 0 Å². The Hall–Kier alpha value is -2.76. The Labute approximate surface area is 159 Å². The van der Waals surface area contributed by atoms with E-state index in [1.807, 2.05) is 30.3 Å². The molecule has 0 bridgehead atoms. The summed E-state index contributed by atoms with van der Waals surface area (Å²) in [6, 6.07) is 9.49. The SMILES string of the molecule is CC1(C)Cc2cccc(OCC(=O)N3CCC(Oc4ccncc4)C3)c2O1. The Bertz CT molecular complexity index is 822. The van der Waals surface area contributed by atoms with E-state index in [0.29, 0.717) is 18.8 Å². The number of hydrogen-bond donors (Lipinski definition) is 0. The number of benzene rings is 1. The highest BCUT2D eigenvalue weighted by Gasteiger charge is 2.33. The van der Waals surface area contributed by atoms with Gasteiger partial charge in [-0.3, -0.25) is 9.78 Å². The molecule has 2 aromatic rings. The number of nitrogens with zero attached hydrogens (tertiary/aromatic N) is 2. The average Bonchev–Trinajstić information content (AvgIpc) is 3.23. The average molecular weight is 368 g/mol. The van der Waals surface area contributed by atoms with Gasteiger partial charge in [0.05, 0.1) is 6.54 Å². The molecule has 0 spiro atoms. The van der Waals surface area contributed by atoms with E-state index in [4.69, 9.17) is 14.2 Å². The molecule has 0 aliphatic carbocycles. The Balaban J connectivity index is 1.32. The van der Waals surface area contributed by atoms with Gasteiger partial charge in [0.15, 0.2) is 18.1 Å².